The zero-order valence-electron chi connectivity index (χ0n) is 13.9. The van der Waals surface area contributed by atoms with Gasteiger partial charge in [-0.1, -0.05) is 19.9 Å². The van der Waals surface area contributed by atoms with Crippen LogP contribution in [-0.4, -0.2) is 37.0 Å². The molecule has 0 radical (unpaired) electrons. The average molecular weight is 290 g/mol. The van der Waals surface area contributed by atoms with Gasteiger partial charge in [-0.25, -0.2) is 0 Å². The molecule has 0 amide bonds. The smallest absolute Gasteiger partial charge is 0.193 e. The molecule has 0 unspecified atom stereocenters. The van der Waals surface area contributed by atoms with Gasteiger partial charge in [-0.15, -0.1) is 0 Å². The fourth-order valence-corrected chi connectivity index (χ4v) is 2.19. The van der Waals surface area contributed by atoms with Gasteiger partial charge in [-0.05, 0) is 69.6 Å². The molecule has 0 saturated heterocycles. The second-order valence-corrected chi connectivity index (χ2v) is 5.42. The van der Waals surface area contributed by atoms with Crippen molar-refractivity contribution in [1.82, 2.24) is 4.90 Å². The average Bonchev–Trinajstić information content (AvgIpc) is 2.47. The molecule has 4 nitrogen and oxygen atoms in total. The van der Waals surface area contributed by atoms with Crippen LogP contribution in [0.25, 0.3) is 0 Å². The molecule has 0 heterocycles. The van der Waals surface area contributed by atoms with Gasteiger partial charge in [0.15, 0.2) is 5.96 Å². The third-order valence-corrected chi connectivity index (χ3v) is 3.84. The van der Waals surface area contributed by atoms with Crippen molar-refractivity contribution in [3.63, 3.8) is 0 Å². The van der Waals surface area contributed by atoms with Crippen LogP contribution < -0.4 is 11.1 Å². The van der Waals surface area contributed by atoms with Crippen LogP contribution in [0.15, 0.2) is 23.2 Å². The number of aryl methyl sites for hydroxylation is 2. The number of aliphatic imine (C=N–C) groups is 1. The minimum absolute atomic E-state index is 0.501. The van der Waals surface area contributed by atoms with Gasteiger partial charge < -0.3 is 16.0 Å². The van der Waals surface area contributed by atoms with E-state index >= 15 is 0 Å². The van der Waals surface area contributed by atoms with Crippen LogP contribution in [0.5, 0.6) is 0 Å². The van der Waals surface area contributed by atoms with E-state index in [2.05, 4.69) is 55.0 Å². The molecule has 0 saturated carbocycles. The van der Waals surface area contributed by atoms with Crippen molar-refractivity contribution in [2.75, 3.05) is 31.5 Å². The summed E-state index contributed by atoms with van der Waals surface area (Å²) in [5.74, 6) is 0.501. The molecular formula is C17H30N4. The van der Waals surface area contributed by atoms with E-state index in [4.69, 9.17) is 5.73 Å². The Morgan fingerprint density at radius 2 is 1.86 bits per heavy atom. The highest BCUT2D eigenvalue weighted by Crippen LogP contribution is 2.13. The second-order valence-electron chi connectivity index (χ2n) is 5.42. The molecule has 21 heavy (non-hydrogen) atoms. The van der Waals surface area contributed by atoms with Crippen molar-refractivity contribution >= 4 is 11.6 Å². The van der Waals surface area contributed by atoms with Crippen molar-refractivity contribution in [3.05, 3.63) is 29.3 Å². The van der Waals surface area contributed by atoms with Crippen molar-refractivity contribution in [1.29, 1.82) is 0 Å². The van der Waals surface area contributed by atoms with Gasteiger partial charge in [0.05, 0.1) is 0 Å². The Labute approximate surface area is 129 Å². The molecule has 0 aliphatic carbocycles. The minimum atomic E-state index is 0.501. The van der Waals surface area contributed by atoms with E-state index in [0.717, 1.165) is 38.3 Å². The highest BCUT2D eigenvalue weighted by Gasteiger charge is 1.99. The first kappa shape index (κ1) is 17.5. The van der Waals surface area contributed by atoms with Gasteiger partial charge in [0.1, 0.15) is 0 Å². The molecular weight excluding hydrogens is 260 g/mol. The Hall–Kier alpha value is -1.55. The molecule has 4 heteroatoms. The van der Waals surface area contributed by atoms with E-state index in [0.29, 0.717) is 5.96 Å². The third kappa shape index (κ3) is 6.63. The summed E-state index contributed by atoms with van der Waals surface area (Å²) in [6.45, 7) is 12.8. The van der Waals surface area contributed by atoms with E-state index in [1.54, 1.807) is 0 Å². The molecule has 0 aliphatic heterocycles. The lowest BCUT2D eigenvalue weighted by Crippen LogP contribution is -2.24. The summed E-state index contributed by atoms with van der Waals surface area (Å²) in [6, 6.07) is 6.22. The van der Waals surface area contributed by atoms with Gasteiger partial charge >= 0.3 is 0 Å². The fraction of sp³-hybridized carbons (Fsp3) is 0.588. The fourth-order valence-electron chi connectivity index (χ4n) is 2.19. The minimum Gasteiger partial charge on any atom is -0.370 e. The highest BCUT2D eigenvalue weighted by atomic mass is 15.1. The van der Waals surface area contributed by atoms with Crippen molar-refractivity contribution in [2.24, 2.45) is 10.7 Å². The Balaban J connectivity index is 2.31. The van der Waals surface area contributed by atoms with Crippen LogP contribution in [0.2, 0.25) is 0 Å². The lowest BCUT2D eigenvalue weighted by atomic mass is 10.1. The molecule has 118 valence electrons. The maximum absolute atomic E-state index is 5.92. The number of anilines is 1. The number of nitrogens with zero attached hydrogens (tertiary/aromatic N) is 2. The standard InChI is InChI=1S/C17H30N4/c1-5-21(6-2)12-8-7-11-19-17(18)20-16-10-9-14(3)15(4)13-16/h9-10,13H,5-8,11-12H2,1-4H3,(H3,18,19,20). The highest BCUT2D eigenvalue weighted by molar-refractivity contribution is 5.92. The van der Waals surface area contributed by atoms with Crippen LogP contribution in [-0.2, 0) is 0 Å². The predicted molar refractivity (Wildman–Crippen MR) is 93.1 cm³/mol. The van der Waals surface area contributed by atoms with Crippen molar-refractivity contribution in [3.8, 4) is 0 Å². The van der Waals surface area contributed by atoms with Crippen LogP contribution >= 0.6 is 0 Å². The van der Waals surface area contributed by atoms with Gasteiger partial charge in [-0.2, -0.15) is 0 Å². The SMILES string of the molecule is CCN(CC)CCCCN=C(N)Nc1ccc(C)c(C)c1. The molecule has 0 aliphatic rings. The Kier molecular flexibility index (Phi) is 7.83. The summed E-state index contributed by atoms with van der Waals surface area (Å²) < 4.78 is 0. The predicted octanol–water partition coefficient (Wildman–Crippen LogP) is 3.15. The summed E-state index contributed by atoms with van der Waals surface area (Å²) >= 11 is 0. The van der Waals surface area contributed by atoms with Crippen LogP contribution in [0.1, 0.15) is 37.8 Å². The number of nitrogens with one attached hydrogen (secondary N) is 1. The molecule has 0 aromatic heterocycles. The number of guanidine groups is 1. The molecule has 0 atom stereocenters. The molecule has 1 aromatic rings. The van der Waals surface area contributed by atoms with Crippen LogP contribution in [0.4, 0.5) is 5.69 Å². The number of nitrogens with two attached hydrogens (primary N) is 1. The van der Waals surface area contributed by atoms with Gasteiger partial charge in [0.2, 0.25) is 0 Å². The molecule has 1 rings (SSSR count). The normalized spacial score (nSPS) is 12.0. The number of benzene rings is 1. The Morgan fingerprint density at radius 3 is 2.48 bits per heavy atom. The first-order valence-electron chi connectivity index (χ1n) is 7.93. The van der Waals surface area contributed by atoms with E-state index in [9.17, 15) is 0 Å². The van der Waals surface area contributed by atoms with E-state index in [-0.39, 0.29) is 0 Å². The Morgan fingerprint density at radius 1 is 1.14 bits per heavy atom. The summed E-state index contributed by atoms with van der Waals surface area (Å²) in [4.78, 5) is 6.82. The van der Waals surface area contributed by atoms with E-state index in [1.807, 2.05) is 6.07 Å². The lowest BCUT2D eigenvalue weighted by Gasteiger charge is -2.17. The summed E-state index contributed by atoms with van der Waals surface area (Å²) in [6.07, 6.45) is 2.24. The van der Waals surface area contributed by atoms with Gasteiger partial charge in [0, 0.05) is 12.2 Å². The van der Waals surface area contributed by atoms with E-state index < -0.39 is 0 Å². The maximum atomic E-state index is 5.92. The molecule has 0 fully saturated rings. The number of hydrogen-bond acceptors (Lipinski definition) is 2. The van der Waals surface area contributed by atoms with Gasteiger partial charge in [0.25, 0.3) is 0 Å². The number of rotatable bonds is 8. The first-order chi connectivity index (χ1) is 10.1. The maximum Gasteiger partial charge on any atom is 0.193 e. The van der Waals surface area contributed by atoms with Crippen molar-refractivity contribution in [2.45, 2.75) is 40.5 Å². The number of hydrogen-bond donors (Lipinski definition) is 2. The first-order valence-corrected chi connectivity index (χ1v) is 7.93. The molecule has 0 spiro atoms. The second kappa shape index (κ2) is 9.40. The van der Waals surface area contributed by atoms with Crippen molar-refractivity contribution < 1.29 is 0 Å². The molecule has 1 aromatic carbocycles. The third-order valence-electron chi connectivity index (χ3n) is 3.84. The molecule has 3 N–H and O–H groups in total. The zero-order chi connectivity index (χ0) is 15.7. The van der Waals surface area contributed by atoms with Crippen LogP contribution in [0.3, 0.4) is 0 Å². The quantitative estimate of drug-likeness (QED) is 0.439. The van der Waals surface area contributed by atoms with E-state index in [1.165, 1.54) is 17.5 Å². The summed E-state index contributed by atoms with van der Waals surface area (Å²) in [7, 11) is 0. The molecule has 0 bridgehead atoms. The zero-order valence-corrected chi connectivity index (χ0v) is 13.9. The summed E-state index contributed by atoms with van der Waals surface area (Å²) in [5.41, 5.74) is 9.46. The van der Waals surface area contributed by atoms with Gasteiger partial charge in [-0.3, -0.25) is 4.99 Å². The summed E-state index contributed by atoms with van der Waals surface area (Å²) in [5, 5.41) is 3.15. The van der Waals surface area contributed by atoms with Crippen LogP contribution in [0, 0.1) is 13.8 Å². The Bertz CT molecular complexity index is 450. The monoisotopic (exact) mass is 290 g/mol. The topological polar surface area (TPSA) is 53.6 Å². The largest absolute Gasteiger partial charge is 0.370 e. The lowest BCUT2D eigenvalue weighted by molar-refractivity contribution is 0.298. The number of unbranched alkanes of at least 4 members (excludes halogenated alkanes) is 1.